The van der Waals surface area contributed by atoms with Gasteiger partial charge in [0.05, 0.1) is 0 Å². The van der Waals surface area contributed by atoms with Gasteiger partial charge >= 0.3 is 0 Å². The summed E-state index contributed by atoms with van der Waals surface area (Å²) in [6, 6.07) is 12.4. The zero-order valence-electron chi connectivity index (χ0n) is 13.2. The first-order valence-corrected chi connectivity index (χ1v) is 7.84. The van der Waals surface area contributed by atoms with E-state index in [4.69, 9.17) is 4.74 Å². The van der Waals surface area contributed by atoms with Crippen LogP contribution in [0.3, 0.4) is 0 Å². The SMILES string of the molecule is CNc1ccc(-c2ccc(OC3CCN(C)CC3)cc2)cn1. The molecule has 3 rings (SSSR count). The summed E-state index contributed by atoms with van der Waals surface area (Å²) in [7, 11) is 4.04. The van der Waals surface area contributed by atoms with E-state index in [1.54, 1.807) is 0 Å². The Morgan fingerprint density at radius 2 is 1.73 bits per heavy atom. The molecular weight excluding hydrogens is 274 g/mol. The number of benzene rings is 1. The highest BCUT2D eigenvalue weighted by Crippen LogP contribution is 2.24. The Kier molecular flexibility index (Phi) is 4.59. The van der Waals surface area contributed by atoms with E-state index in [1.807, 2.05) is 19.3 Å². The Balaban J connectivity index is 1.64. The maximum atomic E-state index is 6.08. The van der Waals surface area contributed by atoms with E-state index in [2.05, 4.69) is 52.6 Å². The number of piperidine rings is 1. The molecule has 1 aromatic carbocycles. The number of ether oxygens (including phenoxy) is 1. The van der Waals surface area contributed by atoms with Crippen molar-refractivity contribution >= 4 is 5.82 Å². The topological polar surface area (TPSA) is 37.4 Å². The van der Waals surface area contributed by atoms with Crippen molar-refractivity contribution in [1.82, 2.24) is 9.88 Å². The molecule has 4 nitrogen and oxygen atoms in total. The summed E-state index contributed by atoms with van der Waals surface area (Å²) >= 11 is 0. The molecule has 0 aliphatic carbocycles. The van der Waals surface area contributed by atoms with Gasteiger partial charge in [-0.25, -0.2) is 4.98 Å². The number of hydrogen-bond acceptors (Lipinski definition) is 4. The molecule has 2 heterocycles. The van der Waals surface area contributed by atoms with E-state index >= 15 is 0 Å². The van der Waals surface area contributed by atoms with Crippen LogP contribution in [0.15, 0.2) is 42.6 Å². The molecule has 4 heteroatoms. The van der Waals surface area contributed by atoms with Gasteiger partial charge in [0.25, 0.3) is 0 Å². The molecule has 0 amide bonds. The number of likely N-dealkylation sites (tertiary alicyclic amines) is 1. The first-order valence-electron chi connectivity index (χ1n) is 7.84. The summed E-state index contributed by atoms with van der Waals surface area (Å²) in [4.78, 5) is 6.70. The van der Waals surface area contributed by atoms with Crippen LogP contribution >= 0.6 is 0 Å². The minimum absolute atomic E-state index is 0.346. The number of nitrogens with zero attached hydrogens (tertiary/aromatic N) is 2. The number of nitrogens with one attached hydrogen (secondary N) is 1. The van der Waals surface area contributed by atoms with Crippen molar-refractivity contribution in [3.8, 4) is 16.9 Å². The Morgan fingerprint density at radius 1 is 1.05 bits per heavy atom. The summed E-state index contributed by atoms with van der Waals surface area (Å²) in [5, 5.41) is 3.03. The number of anilines is 1. The highest BCUT2D eigenvalue weighted by molar-refractivity contribution is 5.64. The van der Waals surface area contributed by atoms with E-state index in [9.17, 15) is 0 Å². The Hall–Kier alpha value is -2.07. The van der Waals surface area contributed by atoms with E-state index in [0.717, 1.165) is 48.6 Å². The molecule has 1 saturated heterocycles. The van der Waals surface area contributed by atoms with Crippen molar-refractivity contribution in [3.05, 3.63) is 42.6 Å². The second kappa shape index (κ2) is 6.79. The molecule has 0 spiro atoms. The molecule has 1 aliphatic rings. The van der Waals surface area contributed by atoms with Gasteiger partial charge in [-0.2, -0.15) is 0 Å². The van der Waals surface area contributed by atoms with E-state index in [0.29, 0.717) is 6.10 Å². The maximum Gasteiger partial charge on any atom is 0.125 e. The molecule has 0 unspecified atom stereocenters. The van der Waals surface area contributed by atoms with Crippen molar-refractivity contribution in [3.63, 3.8) is 0 Å². The molecule has 1 N–H and O–H groups in total. The average Bonchev–Trinajstić information content (AvgIpc) is 2.58. The second-order valence-electron chi connectivity index (χ2n) is 5.83. The minimum atomic E-state index is 0.346. The molecule has 0 atom stereocenters. The van der Waals surface area contributed by atoms with Crippen LogP contribution in [-0.2, 0) is 0 Å². The van der Waals surface area contributed by atoms with E-state index in [-0.39, 0.29) is 0 Å². The largest absolute Gasteiger partial charge is 0.490 e. The Labute approximate surface area is 132 Å². The molecule has 2 aromatic rings. The zero-order valence-corrected chi connectivity index (χ0v) is 13.2. The van der Waals surface area contributed by atoms with Crippen LogP contribution in [0.2, 0.25) is 0 Å². The van der Waals surface area contributed by atoms with Crippen molar-refractivity contribution in [2.75, 3.05) is 32.5 Å². The van der Waals surface area contributed by atoms with Crippen LogP contribution in [0.5, 0.6) is 5.75 Å². The summed E-state index contributed by atoms with van der Waals surface area (Å²) in [6.45, 7) is 2.23. The third-order valence-electron chi connectivity index (χ3n) is 4.18. The first kappa shape index (κ1) is 14.9. The van der Waals surface area contributed by atoms with Crippen LogP contribution < -0.4 is 10.1 Å². The van der Waals surface area contributed by atoms with Gasteiger partial charge in [0.2, 0.25) is 0 Å². The molecule has 1 fully saturated rings. The lowest BCUT2D eigenvalue weighted by atomic mass is 10.1. The molecule has 22 heavy (non-hydrogen) atoms. The van der Waals surface area contributed by atoms with Gasteiger partial charge in [0.15, 0.2) is 0 Å². The smallest absolute Gasteiger partial charge is 0.125 e. The van der Waals surface area contributed by atoms with Crippen molar-refractivity contribution in [1.29, 1.82) is 0 Å². The molecule has 1 aliphatic heterocycles. The molecule has 1 aromatic heterocycles. The normalized spacial score (nSPS) is 16.5. The quantitative estimate of drug-likeness (QED) is 0.940. The molecule has 0 saturated carbocycles. The molecule has 116 valence electrons. The first-order chi connectivity index (χ1) is 10.7. The fourth-order valence-electron chi connectivity index (χ4n) is 2.73. The van der Waals surface area contributed by atoms with Crippen molar-refractivity contribution < 1.29 is 4.74 Å². The monoisotopic (exact) mass is 297 g/mol. The van der Waals surface area contributed by atoms with Gasteiger partial charge in [0.1, 0.15) is 17.7 Å². The fourth-order valence-corrected chi connectivity index (χ4v) is 2.73. The van der Waals surface area contributed by atoms with Crippen LogP contribution in [0, 0.1) is 0 Å². The average molecular weight is 297 g/mol. The van der Waals surface area contributed by atoms with Crippen LogP contribution in [0.4, 0.5) is 5.82 Å². The van der Waals surface area contributed by atoms with Gasteiger partial charge in [-0.1, -0.05) is 12.1 Å². The minimum Gasteiger partial charge on any atom is -0.490 e. The Morgan fingerprint density at radius 3 is 2.32 bits per heavy atom. The van der Waals surface area contributed by atoms with Crippen molar-refractivity contribution in [2.24, 2.45) is 0 Å². The van der Waals surface area contributed by atoms with Crippen LogP contribution in [-0.4, -0.2) is 43.2 Å². The lowest BCUT2D eigenvalue weighted by molar-refractivity contribution is 0.114. The number of pyridine rings is 1. The summed E-state index contributed by atoms with van der Waals surface area (Å²) in [5.74, 6) is 1.84. The third-order valence-corrected chi connectivity index (χ3v) is 4.18. The van der Waals surface area contributed by atoms with Crippen LogP contribution in [0.25, 0.3) is 11.1 Å². The standard InChI is InChI=1S/C18H23N3O/c1-19-18-8-5-15(13-20-18)14-3-6-16(7-4-14)22-17-9-11-21(2)12-10-17/h3-8,13,17H,9-12H2,1-2H3,(H,19,20). The van der Waals surface area contributed by atoms with Gasteiger partial charge in [0, 0.05) is 31.9 Å². The molecule has 0 radical (unpaired) electrons. The van der Waals surface area contributed by atoms with Crippen molar-refractivity contribution in [2.45, 2.75) is 18.9 Å². The van der Waals surface area contributed by atoms with Gasteiger partial charge < -0.3 is 15.0 Å². The second-order valence-corrected chi connectivity index (χ2v) is 5.83. The maximum absolute atomic E-state index is 6.08. The summed E-state index contributed by atoms with van der Waals surface area (Å²) in [6.07, 6.45) is 4.44. The highest BCUT2D eigenvalue weighted by atomic mass is 16.5. The number of rotatable bonds is 4. The molecular formula is C18H23N3O. The molecule has 0 bridgehead atoms. The van der Waals surface area contributed by atoms with Gasteiger partial charge in [-0.15, -0.1) is 0 Å². The number of aromatic nitrogens is 1. The third kappa shape index (κ3) is 3.57. The summed E-state index contributed by atoms with van der Waals surface area (Å²) < 4.78 is 6.08. The predicted molar refractivity (Wildman–Crippen MR) is 90.4 cm³/mol. The van der Waals surface area contributed by atoms with E-state index in [1.165, 1.54) is 0 Å². The predicted octanol–water partition coefficient (Wildman–Crippen LogP) is 3.26. The summed E-state index contributed by atoms with van der Waals surface area (Å²) in [5.41, 5.74) is 2.27. The van der Waals surface area contributed by atoms with Crippen LogP contribution in [0.1, 0.15) is 12.8 Å². The zero-order chi connectivity index (χ0) is 15.4. The number of hydrogen-bond donors (Lipinski definition) is 1. The van der Waals surface area contributed by atoms with Gasteiger partial charge in [-0.3, -0.25) is 0 Å². The Bertz CT molecular complexity index is 587. The lowest BCUT2D eigenvalue weighted by Crippen LogP contribution is -2.35. The van der Waals surface area contributed by atoms with Gasteiger partial charge in [-0.05, 0) is 49.7 Å². The highest BCUT2D eigenvalue weighted by Gasteiger charge is 2.17. The van der Waals surface area contributed by atoms with E-state index < -0.39 is 0 Å². The lowest BCUT2D eigenvalue weighted by Gasteiger charge is -2.29. The fraction of sp³-hybridized carbons (Fsp3) is 0.389.